The Balaban J connectivity index is 1.18. The minimum absolute atomic E-state index is 0.0152. The van der Waals surface area contributed by atoms with Gasteiger partial charge in [-0.1, -0.05) is 30.3 Å². The summed E-state index contributed by atoms with van der Waals surface area (Å²) in [7, 11) is 0. The first-order valence-electron chi connectivity index (χ1n) is 13.9. The molecule has 2 unspecified atom stereocenters. The highest BCUT2D eigenvalue weighted by Crippen LogP contribution is 2.39. The molecule has 3 aliphatic heterocycles. The van der Waals surface area contributed by atoms with Crippen molar-refractivity contribution in [1.29, 1.82) is 0 Å². The van der Waals surface area contributed by atoms with E-state index in [1.165, 1.54) is 5.56 Å². The second-order valence-corrected chi connectivity index (χ2v) is 12.0. The summed E-state index contributed by atoms with van der Waals surface area (Å²) in [6.07, 6.45) is 6.75. The lowest BCUT2D eigenvalue weighted by molar-refractivity contribution is -0.136. The van der Waals surface area contributed by atoms with Gasteiger partial charge in [0.2, 0.25) is 5.91 Å². The summed E-state index contributed by atoms with van der Waals surface area (Å²) in [5.74, 6) is 0.263. The second-order valence-electron chi connectivity index (χ2n) is 12.0. The number of likely N-dealkylation sites (tertiary alicyclic amines) is 3. The number of hydrogen-bond acceptors (Lipinski definition) is 5. The molecule has 1 aromatic rings. The third-order valence-electron chi connectivity index (χ3n) is 7.75. The van der Waals surface area contributed by atoms with Crippen LogP contribution in [0.15, 0.2) is 30.3 Å². The van der Waals surface area contributed by atoms with Gasteiger partial charge in [-0.05, 0) is 71.4 Å². The monoisotopic (exact) mass is 499 g/mol. The Bertz CT molecular complexity index is 867. The van der Waals surface area contributed by atoms with Crippen LogP contribution in [0.25, 0.3) is 0 Å². The molecule has 3 heterocycles. The smallest absolute Gasteiger partial charge is 0.410 e. The minimum atomic E-state index is -0.486. The van der Waals surface area contributed by atoms with Gasteiger partial charge < -0.3 is 24.2 Å². The van der Waals surface area contributed by atoms with E-state index in [1.807, 2.05) is 43.9 Å². The molecule has 2 atom stereocenters. The summed E-state index contributed by atoms with van der Waals surface area (Å²) in [4.78, 5) is 32.1. The molecule has 1 spiro atoms. The maximum absolute atomic E-state index is 13.1. The first-order valence-corrected chi connectivity index (χ1v) is 13.9. The largest absolute Gasteiger partial charge is 0.444 e. The van der Waals surface area contributed by atoms with Crippen molar-refractivity contribution >= 4 is 12.0 Å². The molecule has 3 saturated heterocycles. The van der Waals surface area contributed by atoms with Crippen molar-refractivity contribution < 1.29 is 19.1 Å². The highest BCUT2D eigenvalue weighted by atomic mass is 16.6. The molecule has 0 bridgehead atoms. The van der Waals surface area contributed by atoms with Crippen LogP contribution in [-0.2, 0) is 20.9 Å². The topological polar surface area (TPSA) is 62.3 Å². The second kappa shape index (κ2) is 12.0. The zero-order valence-electron chi connectivity index (χ0n) is 22.5. The molecule has 4 rings (SSSR count). The number of carbonyl (C=O) groups is 2. The van der Waals surface area contributed by atoms with Crippen LogP contribution in [0.5, 0.6) is 0 Å². The molecule has 0 aliphatic carbocycles. The molecular weight excluding hydrogens is 454 g/mol. The van der Waals surface area contributed by atoms with Gasteiger partial charge in [-0.2, -0.15) is 0 Å². The van der Waals surface area contributed by atoms with E-state index in [0.29, 0.717) is 19.6 Å². The molecule has 0 radical (unpaired) electrons. The minimum Gasteiger partial charge on any atom is -0.444 e. The van der Waals surface area contributed by atoms with Crippen LogP contribution in [0.1, 0.15) is 71.3 Å². The first kappa shape index (κ1) is 26.9. The van der Waals surface area contributed by atoms with E-state index in [9.17, 15) is 9.59 Å². The van der Waals surface area contributed by atoms with Crippen molar-refractivity contribution in [3.63, 3.8) is 0 Å². The van der Waals surface area contributed by atoms with Gasteiger partial charge in [0.05, 0.1) is 12.7 Å². The molecule has 3 fully saturated rings. The van der Waals surface area contributed by atoms with Crippen molar-refractivity contribution in [2.45, 2.75) is 84.0 Å². The summed E-state index contributed by atoms with van der Waals surface area (Å²) < 4.78 is 11.7. The van der Waals surface area contributed by atoms with Crippen LogP contribution in [0.4, 0.5) is 4.79 Å². The maximum Gasteiger partial charge on any atom is 0.410 e. The predicted octanol–water partition coefficient (Wildman–Crippen LogP) is 4.70. The Morgan fingerprint density at radius 2 is 1.69 bits per heavy atom. The SMILES string of the molecule is CC(C)(C)OC(=O)N1CCCC2(CCCN(C(=O)CCCN3CCC(OCc4ccccc4)C3)C2)C1. The number of piperidine rings is 2. The molecule has 2 amide bonds. The van der Waals surface area contributed by atoms with Gasteiger partial charge >= 0.3 is 6.09 Å². The Hall–Kier alpha value is -2.12. The van der Waals surface area contributed by atoms with Gasteiger partial charge in [0.25, 0.3) is 0 Å². The molecule has 0 saturated carbocycles. The van der Waals surface area contributed by atoms with Gasteiger partial charge in [0.1, 0.15) is 5.60 Å². The van der Waals surface area contributed by atoms with Crippen LogP contribution in [0.3, 0.4) is 0 Å². The van der Waals surface area contributed by atoms with Crippen LogP contribution < -0.4 is 0 Å². The number of nitrogens with zero attached hydrogens (tertiary/aromatic N) is 3. The lowest BCUT2D eigenvalue weighted by Gasteiger charge is -2.48. The van der Waals surface area contributed by atoms with Crippen LogP contribution in [-0.4, -0.2) is 84.2 Å². The lowest BCUT2D eigenvalue weighted by Crippen LogP contribution is -2.55. The fourth-order valence-corrected chi connectivity index (χ4v) is 5.98. The number of ether oxygens (including phenoxy) is 2. The zero-order valence-corrected chi connectivity index (χ0v) is 22.5. The Morgan fingerprint density at radius 1 is 1.00 bits per heavy atom. The molecular formula is C29H45N3O4. The fraction of sp³-hybridized carbons (Fsp3) is 0.724. The molecule has 1 aromatic carbocycles. The van der Waals surface area contributed by atoms with E-state index in [1.54, 1.807) is 0 Å². The maximum atomic E-state index is 13.1. The lowest BCUT2D eigenvalue weighted by atomic mass is 9.73. The van der Waals surface area contributed by atoms with E-state index in [-0.39, 0.29) is 23.5 Å². The van der Waals surface area contributed by atoms with Crippen molar-refractivity contribution in [3.05, 3.63) is 35.9 Å². The number of carbonyl (C=O) groups excluding carboxylic acids is 2. The van der Waals surface area contributed by atoms with Crippen LogP contribution in [0.2, 0.25) is 0 Å². The fourth-order valence-electron chi connectivity index (χ4n) is 5.98. The van der Waals surface area contributed by atoms with E-state index >= 15 is 0 Å². The van der Waals surface area contributed by atoms with Crippen LogP contribution >= 0.6 is 0 Å². The highest BCUT2D eigenvalue weighted by molar-refractivity contribution is 5.76. The van der Waals surface area contributed by atoms with E-state index in [4.69, 9.17) is 9.47 Å². The standard InChI is InChI=1S/C29H45N3O4/c1-28(2,3)36-27(34)32-18-9-15-29(23-32)14-8-17-31(22-29)26(33)12-7-16-30-19-13-25(20-30)35-21-24-10-5-4-6-11-24/h4-6,10-11,25H,7-9,12-23H2,1-3H3. The Kier molecular flexibility index (Phi) is 8.94. The molecule has 3 aliphatic rings. The van der Waals surface area contributed by atoms with E-state index in [0.717, 1.165) is 77.8 Å². The van der Waals surface area contributed by atoms with Gasteiger partial charge in [0.15, 0.2) is 0 Å². The summed E-state index contributed by atoms with van der Waals surface area (Å²) >= 11 is 0. The van der Waals surface area contributed by atoms with Gasteiger partial charge in [-0.15, -0.1) is 0 Å². The summed E-state index contributed by atoms with van der Waals surface area (Å²) in [5, 5.41) is 0. The van der Waals surface area contributed by atoms with Gasteiger partial charge in [0, 0.05) is 51.1 Å². The van der Waals surface area contributed by atoms with Crippen LogP contribution in [0, 0.1) is 5.41 Å². The molecule has 200 valence electrons. The summed E-state index contributed by atoms with van der Waals surface area (Å²) in [6.45, 7) is 12.4. The molecule has 36 heavy (non-hydrogen) atoms. The number of rotatable bonds is 7. The van der Waals surface area contributed by atoms with Crippen molar-refractivity contribution in [2.24, 2.45) is 5.41 Å². The molecule has 0 aromatic heterocycles. The van der Waals surface area contributed by atoms with E-state index < -0.39 is 5.60 Å². The number of benzene rings is 1. The average Bonchev–Trinajstić information content (AvgIpc) is 3.30. The Morgan fingerprint density at radius 3 is 2.42 bits per heavy atom. The highest BCUT2D eigenvalue weighted by Gasteiger charge is 2.42. The summed E-state index contributed by atoms with van der Waals surface area (Å²) in [5.41, 5.74) is 0.745. The van der Waals surface area contributed by atoms with Gasteiger partial charge in [-0.3, -0.25) is 4.79 Å². The van der Waals surface area contributed by atoms with Crippen molar-refractivity contribution in [2.75, 3.05) is 45.8 Å². The number of amides is 2. The third kappa shape index (κ3) is 7.69. The summed E-state index contributed by atoms with van der Waals surface area (Å²) in [6, 6.07) is 10.3. The first-order chi connectivity index (χ1) is 17.2. The quantitative estimate of drug-likeness (QED) is 0.544. The Labute approximate surface area is 217 Å². The zero-order chi connectivity index (χ0) is 25.6. The molecule has 7 nitrogen and oxygen atoms in total. The molecule has 0 N–H and O–H groups in total. The normalized spacial score (nSPS) is 25.4. The molecule has 7 heteroatoms. The predicted molar refractivity (Wildman–Crippen MR) is 141 cm³/mol. The van der Waals surface area contributed by atoms with Gasteiger partial charge in [-0.25, -0.2) is 4.79 Å². The van der Waals surface area contributed by atoms with Crippen molar-refractivity contribution in [1.82, 2.24) is 14.7 Å². The van der Waals surface area contributed by atoms with E-state index in [2.05, 4.69) is 21.9 Å². The third-order valence-corrected chi connectivity index (χ3v) is 7.75. The van der Waals surface area contributed by atoms with Crippen molar-refractivity contribution in [3.8, 4) is 0 Å². The number of hydrogen-bond donors (Lipinski definition) is 0. The average molecular weight is 500 g/mol.